The summed E-state index contributed by atoms with van der Waals surface area (Å²) >= 11 is 0. The Labute approximate surface area is 238 Å². The fourth-order valence-electron chi connectivity index (χ4n) is 5.14. The monoisotopic (exact) mass is 529 g/mol. The van der Waals surface area contributed by atoms with Crippen molar-refractivity contribution in [2.45, 2.75) is 45.6 Å². The van der Waals surface area contributed by atoms with Gasteiger partial charge in [0.05, 0.1) is 23.8 Å². The standard InChI is InChI=1S/C35H39N5/c1-4-5-6-7-14-23-40-34-21-19-28(26-36-38(2)30-15-10-8-11-16-30)24-32(34)33-25-29(20-22-35(33)40)27-37-39(3)31-17-12-9-13-18-31/h8-13,15-22,24-27H,4-7,14,23H2,1-3H3/b36-26+,37-27+. The van der Waals surface area contributed by atoms with Crippen LogP contribution in [0.25, 0.3) is 21.8 Å². The number of unbranched alkanes of at least 4 members (excludes halogenated alkanes) is 4. The number of fused-ring (bicyclic) bond motifs is 3. The Bertz CT molecular complexity index is 1470. The van der Waals surface area contributed by atoms with Crippen molar-refractivity contribution in [1.82, 2.24) is 4.57 Å². The first-order valence-corrected chi connectivity index (χ1v) is 14.4. The van der Waals surface area contributed by atoms with Gasteiger partial charge in [0.2, 0.25) is 0 Å². The summed E-state index contributed by atoms with van der Waals surface area (Å²) < 4.78 is 2.49. The first-order valence-electron chi connectivity index (χ1n) is 14.4. The van der Waals surface area contributed by atoms with Gasteiger partial charge in [-0.15, -0.1) is 0 Å². The molecular formula is C35H39N5. The van der Waals surface area contributed by atoms with Gasteiger partial charge in [-0.1, -0.05) is 81.1 Å². The average molecular weight is 530 g/mol. The largest absolute Gasteiger partial charge is 0.340 e. The van der Waals surface area contributed by atoms with Gasteiger partial charge in [0.15, 0.2) is 0 Å². The van der Waals surface area contributed by atoms with Gasteiger partial charge in [-0.25, -0.2) is 0 Å². The minimum absolute atomic E-state index is 1.03. The van der Waals surface area contributed by atoms with Crippen LogP contribution in [0.15, 0.2) is 107 Å². The van der Waals surface area contributed by atoms with Gasteiger partial charge in [0, 0.05) is 42.4 Å². The Morgan fingerprint density at radius 2 is 1.07 bits per heavy atom. The van der Waals surface area contributed by atoms with Crippen LogP contribution in [0.2, 0.25) is 0 Å². The number of nitrogens with zero attached hydrogens (tertiary/aromatic N) is 5. The van der Waals surface area contributed by atoms with Crippen LogP contribution in [0, 0.1) is 0 Å². The van der Waals surface area contributed by atoms with Crippen LogP contribution in [0.3, 0.4) is 0 Å². The Kier molecular flexibility index (Phi) is 8.92. The number of aryl methyl sites for hydroxylation is 1. The topological polar surface area (TPSA) is 36.1 Å². The molecule has 1 aromatic heterocycles. The van der Waals surface area contributed by atoms with Gasteiger partial charge in [-0.2, -0.15) is 10.2 Å². The van der Waals surface area contributed by atoms with E-state index in [0.717, 1.165) is 29.0 Å². The summed E-state index contributed by atoms with van der Waals surface area (Å²) in [5.41, 5.74) is 6.83. The van der Waals surface area contributed by atoms with Crippen LogP contribution in [-0.4, -0.2) is 31.1 Å². The van der Waals surface area contributed by atoms with Crippen LogP contribution in [0.5, 0.6) is 0 Å². The Morgan fingerprint density at radius 3 is 1.55 bits per heavy atom. The third-order valence-electron chi connectivity index (χ3n) is 7.42. The second-order valence-electron chi connectivity index (χ2n) is 10.3. The number of hydrogen-bond donors (Lipinski definition) is 0. The maximum Gasteiger partial charge on any atom is 0.0590 e. The summed E-state index contributed by atoms with van der Waals surface area (Å²) in [4.78, 5) is 0. The Balaban J connectivity index is 1.47. The van der Waals surface area contributed by atoms with E-state index in [1.165, 1.54) is 53.9 Å². The summed E-state index contributed by atoms with van der Waals surface area (Å²) in [5, 5.41) is 15.7. The smallest absolute Gasteiger partial charge is 0.0590 e. The van der Waals surface area contributed by atoms with Crippen molar-refractivity contribution >= 4 is 45.6 Å². The highest BCUT2D eigenvalue weighted by molar-refractivity contribution is 6.11. The molecule has 0 saturated carbocycles. The second-order valence-corrected chi connectivity index (χ2v) is 10.3. The van der Waals surface area contributed by atoms with Crippen molar-refractivity contribution in [2.75, 3.05) is 24.1 Å². The van der Waals surface area contributed by atoms with Crippen molar-refractivity contribution in [3.8, 4) is 0 Å². The molecule has 0 spiro atoms. The highest BCUT2D eigenvalue weighted by atomic mass is 15.4. The first-order chi connectivity index (χ1) is 19.6. The Hall–Kier alpha value is -4.38. The van der Waals surface area contributed by atoms with E-state index < -0.39 is 0 Å². The van der Waals surface area contributed by atoms with Gasteiger partial charge in [0.25, 0.3) is 0 Å². The van der Waals surface area contributed by atoms with E-state index in [1.54, 1.807) is 0 Å². The lowest BCUT2D eigenvalue weighted by molar-refractivity contribution is 0.584. The zero-order valence-corrected chi connectivity index (χ0v) is 23.9. The minimum atomic E-state index is 1.03. The molecule has 5 heteroatoms. The molecule has 0 fully saturated rings. The maximum atomic E-state index is 4.71. The lowest BCUT2D eigenvalue weighted by Gasteiger charge is -2.12. The third kappa shape index (κ3) is 6.42. The molecule has 0 atom stereocenters. The summed E-state index contributed by atoms with van der Waals surface area (Å²) in [6.45, 7) is 3.29. The van der Waals surface area contributed by atoms with Gasteiger partial charge in [-0.3, -0.25) is 10.0 Å². The van der Waals surface area contributed by atoms with Crippen molar-refractivity contribution in [3.63, 3.8) is 0 Å². The van der Waals surface area contributed by atoms with Crippen LogP contribution < -0.4 is 10.0 Å². The molecule has 0 aliphatic heterocycles. The zero-order chi connectivity index (χ0) is 27.7. The zero-order valence-electron chi connectivity index (χ0n) is 23.9. The van der Waals surface area contributed by atoms with Crippen molar-refractivity contribution in [3.05, 3.63) is 108 Å². The summed E-state index contributed by atoms with van der Waals surface area (Å²) in [6.07, 6.45) is 10.2. The van der Waals surface area contributed by atoms with Gasteiger partial charge >= 0.3 is 0 Å². The Morgan fingerprint density at radius 1 is 0.600 bits per heavy atom. The molecule has 1 heterocycles. The second kappa shape index (κ2) is 13.1. The van der Waals surface area contributed by atoms with E-state index in [-0.39, 0.29) is 0 Å². The molecule has 204 valence electrons. The van der Waals surface area contributed by atoms with E-state index in [2.05, 4.69) is 72.2 Å². The molecule has 0 unspecified atom stereocenters. The predicted octanol–water partition coefficient (Wildman–Crippen LogP) is 8.71. The van der Waals surface area contributed by atoms with Crippen LogP contribution in [-0.2, 0) is 6.54 Å². The number of hydrazone groups is 2. The number of aromatic nitrogens is 1. The van der Waals surface area contributed by atoms with Crippen LogP contribution in [0.4, 0.5) is 11.4 Å². The number of para-hydroxylation sites is 2. The van der Waals surface area contributed by atoms with E-state index in [1.807, 2.05) is 72.9 Å². The SMILES string of the molecule is CCCCCCCn1c2ccc(/C=N/N(C)c3ccccc3)cc2c2cc(/C=N/N(C)c3ccccc3)ccc21. The van der Waals surface area contributed by atoms with Crippen molar-refractivity contribution < 1.29 is 0 Å². The molecule has 5 rings (SSSR count). The normalized spacial score (nSPS) is 11.8. The van der Waals surface area contributed by atoms with Crippen LogP contribution >= 0.6 is 0 Å². The summed E-state index contributed by atoms with van der Waals surface area (Å²) in [7, 11) is 3.96. The maximum absolute atomic E-state index is 4.71. The van der Waals surface area contributed by atoms with E-state index in [0.29, 0.717) is 0 Å². The number of hydrogen-bond acceptors (Lipinski definition) is 4. The molecule has 4 aromatic carbocycles. The predicted molar refractivity (Wildman–Crippen MR) is 173 cm³/mol. The van der Waals surface area contributed by atoms with Gasteiger partial charge in [-0.05, 0) is 66.1 Å². The molecule has 5 aromatic rings. The first kappa shape index (κ1) is 27.2. The molecule has 5 nitrogen and oxygen atoms in total. The molecule has 0 amide bonds. The number of benzene rings is 4. The quantitative estimate of drug-likeness (QED) is 0.0920. The molecule has 0 bridgehead atoms. The lowest BCUT2D eigenvalue weighted by atomic mass is 10.1. The number of rotatable bonds is 12. The fourth-order valence-corrected chi connectivity index (χ4v) is 5.14. The summed E-state index contributed by atoms with van der Waals surface area (Å²) in [6, 6.07) is 33.8. The highest BCUT2D eigenvalue weighted by Crippen LogP contribution is 2.31. The summed E-state index contributed by atoms with van der Waals surface area (Å²) in [5.74, 6) is 0. The molecule has 40 heavy (non-hydrogen) atoms. The molecule has 0 N–H and O–H groups in total. The highest BCUT2D eigenvalue weighted by Gasteiger charge is 2.12. The molecular weight excluding hydrogens is 490 g/mol. The third-order valence-corrected chi connectivity index (χ3v) is 7.42. The van der Waals surface area contributed by atoms with Crippen molar-refractivity contribution in [2.24, 2.45) is 10.2 Å². The van der Waals surface area contributed by atoms with Crippen LogP contribution in [0.1, 0.15) is 50.2 Å². The van der Waals surface area contributed by atoms with Gasteiger partial charge < -0.3 is 4.57 Å². The molecule has 0 saturated heterocycles. The molecule has 0 radical (unpaired) electrons. The van der Waals surface area contributed by atoms with Gasteiger partial charge in [0.1, 0.15) is 0 Å². The average Bonchev–Trinajstić information content (AvgIpc) is 3.31. The van der Waals surface area contributed by atoms with E-state index in [4.69, 9.17) is 10.2 Å². The minimum Gasteiger partial charge on any atom is -0.340 e. The fraction of sp³-hybridized carbons (Fsp3) is 0.257. The van der Waals surface area contributed by atoms with E-state index >= 15 is 0 Å². The molecule has 0 aliphatic carbocycles. The number of anilines is 2. The molecule has 0 aliphatic rings. The lowest BCUT2D eigenvalue weighted by Crippen LogP contribution is -2.08. The van der Waals surface area contributed by atoms with E-state index in [9.17, 15) is 0 Å². The van der Waals surface area contributed by atoms with Crippen molar-refractivity contribution in [1.29, 1.82) is 0 Å².